The molecule has 5 heteroatoms. The number of hydrogen-bond donors (Lipinski definition) is 0. The molecule has 0 heterocycles. The third-order valence-electron chi connectivity index (χ3n) is 2.40. The van der Waals surface area contributed by atoms with Gasteiger partial charge in [0.15, 0.2) is 0 Å². The van der Waals surface area contributed by atoms with Crippen molar-refractivity contribution < 1.29 is 9.53 Å². The van der Waals surface area contributed by atoms with E-state index in [9.17, 15) is 4.79 Å². The van der Waals surface area contributed by atoms with Crippen molar-refractivity contribution in [2.45, 2.75) is 9.79 Å². The van der Waals surface area contributed by atoms with Crippen molar-refractivity contribution in [1.29, 1.82) is 0 Å². The van der Waals surface area contributed by atoms with Gasteiger partial charge in [-0.2, -0.15) is 0 Å². The molecule has 2 rings (SSSR count). The van der Waals surface area contributed by atoms with Crippen LogP contribution in [0.2, 0.25) is 0 Å². The van der Waals surface area contributed by atoms with Crippen molar-refractivity contribution in [2.24, 2.45) is 0 Å². The molecule has 0 amide bonds. The normalized spacial score (nSPS) is 10.3. The van der Waals surface area contributed by atoms with Gasteiger partial charge in [0.25, 0.3) is 0 Å². The summed E-state index contributed by atoms with van der Waals surface area (Å²) in [5, 5.41) is 0. The fraction of sp³-hybridized carbons (Fsp3) is 0.0714. The van der Waals surface area contributed by atoms with E-state index in [2.05, 4.69) is 55.4 Å². The van der Waals surface area contributed by atoms with Crippen molar-refractivity contribution in [3.05, 3.63) is 56.1 Å². The Morgan fingerprint density at radius 1 is 1.21 bits per heavy atom. The molecular formula is C14H10BrIO2S. The summed E-state index contributed by atoms with van der Waals surface area (Å²) in [6.45, 7) is 0. The van der Waals surface area contributed by atoms with Crippen LogP contribution >= 0.6 is 50.3 Å². The van der Waals surface area contributed by atoms with Gasteiger partial charge in [-0.1, -0.05) is 27.7 Å². The van der Waals surface area contributed by atoms with E-state index in [4.69, 9.17) is 0 Å². The second-order valence-corrected chi connectivity index (χ2v) is 6.89. The predicted octanol–water partition coefficient (Wildman–Crippen LogP) is 4.99. The fourth-order valence-electron chi connectivity index (χ4n) is 1.46. The molecular weight excluding hydrogens is 439 g/mol. The van der Waals surface area contributed by atoms with Crippen LogP contribution in [0.15, 0.2) is 56.7 Å². The number of carbonyl (C=O) groups excluding carboxylic acids is 1. The Labute approximate surface area is 138 Å². The number of ether oxygens (including phenoxy) is 1. The van der Waals surface area contributed by atoms with E-state index in [0.29, 0.717) is 5.56 Å². The van der Waals surface area contributed by atoms with Crippen molar-refractivity contribution in [3.8, 4) is 0 Å². The number of halogens is 2. The standard InChI is InChI=1S/C14H10BrIO2S/c1-18-14(17)9-2-5-11(6-3-9)19-13-7-4-10(15)8-12(13)16/h2-8H,1H3. The number of esters is 1. The van der Waals surface area contributed by atoms with Gasteiger partial charge in [0, 0.05) is 17.8 Å². The SMILES string of the molecule is COC(=O)c1ccc(Sc2ccc(Br)cc2I)cc1. The second kappa shape index (κ2) is 6.76. The molecule has 0 atom stereocenters. The Balaban J connectivity index is 2.17. The molecule has 2 aromatic carbocycles. The van der Waals surface area contributed by atoms with E-state index in [1.807, 2.05) is 18.2 Å². The molecule has 0 aliphatic carbocycles. The van der Waals surface area contributed by atoms with Crippen molar-refractivity contribution in [3.63, 3.8) is 0 Å². The molecule has 0 aromatic heterocycles. The zero-order valence-corrected chi connectivity index (χ0v) is 14.6. The smallest absolute Gasteiger partial charge is 0.337 e. The molecule has 0 N–H and O–H groups in total. The fourth-order valence-corrected chi connectivity index (χ4v) is 3.92. The third kappa shape index (κ3) is 3.97. The first-order valence-corrected chi connectivity index (χ1v) is 8.10. The molecule has 19 heavy (non-hydrogen) atoms. The molecule has 0 bridgehead atoms. The molecule has 0 fully saturated rings. The van der Waals surface area contributed by atoms with Crippen molar-refractivity contribution >= 4 is 56.3 Å². The van der Waals surface area contributed by atoms with Crippen molar-refractivity contribution in [2.75, 3.05) is 7.11 Å². The quantitative estimate of drug-likeness (QED) is 0.488. The van der Waals surface area contributed by atoms with E-state index in [1.165, 1.54) is 15.6 Å². The molecule has 0 saturated heterocycles. The Hall–Kier alpha value is -0.530. The molecule has 98 valence electrons. The van der Waals surface area contributed by atoms with Crippen LogP contribution in [0.5, 0.6) is 0 Å². The van der Waals surface area contributed by atoms with Crippen LogP contribution in [0.4, 0.5) is 0 Å². The van der Waals surface area contributed by atoms with E-state index in [1.54, 1.807) is 23.9 Å². The average Bonchev–Trinajstić information content (AvgIpc) is 2.42. The summed E-state index contributed by atoms with van der Waals surface area (Å²) in [5.41, 5.74) is 0.567. The number of benzene rings is 2. The van der Waals surface area contributed by atoms with Crippen LogP contribution in [-0.2, 0) is 4.74 Å². The Morgan fingerprint density at radius 2 is 1.89 bits per heavy atom. The van der Waals surface area contributed by atoms with Crippen molar-refractivity contribution in [1.82, 2.24) is 0 Å². The number of rotatable bonds is 3. The minimum atomic E-state index is -0.310. The van der Waals surface area contributed by atoms with Crippen LogP contribution in [-0.4, -0.2) is 13.1 Å². The molecule has 2 aromatic rings. The minimum Gasteiger partial charge on any atom is -0.465 e. The van der Waals surface area contributed by atoms with Crippen LogP contribution in [0.25, 0.3) is 0 Å². The summed E-state index contributed by atoms with van der Waals surface area (Å²) in [6.07, 6.45) is 0. The maximum Gasteiger partial charge on any atom is 0.337 e. The Kier molecular flexibility index (Phi) is 5.29. The maximum absolute atomic E-state index is 11.3. The minimum absolute atomic E-state index is 0.310. The first-order valence-electron chi connectivity index (χ1n) is 5.41. The van der Waals surface area contributed by atoms with Gasteiger partial charge in [0.1, 0.15) is 0 Å². The number of methoxy groups -OCH3 is 1. The summed E-state index contributed by atoms with van der Waals surface area (Å²) in [5.74, 6) is -0.310. The number of carbonyl (C=O) groups is 1. The molecule has 0 radical (unpaired) electrons. The zero-order chi connectivity index (χ0) is 13.8. The predicted molar refractivity (Wildman–Crippen MR) is 88.8 cm³/mol. The highest BCUT2D eigenvalue weighted by molar-refractivity contribution is 14.1. The Bertz CT molecular complexity index is 599. The van der Waals surface area contributed by atoms with Gasteiger partial charge in [0.05, 0.1) is 12.7 Å². The molecule has 0 aliphatic heterocycles. The summed E-state index contributed by atoms with van der Waals surface area (Å²) in [6, 6.07) is 13.6. The van der Waals surface area contributed by atoms with Gasteiger partial charge in [0.2, 0.25) is 0 Å². The van der Waals surface area contributed by atoms with Gasteiger partial charge in [-0.25, -0.2) is 4.79 Å². The van der Waals surface area contributed by atoms with Gasteiger partial charge in [-0.15, -0.1) is 0 Å². The highest BCUT2D eigenvalue weighted by atomic mass is 127. The second-order valence-electron chi connectivity index (χ2n) is 3.69. The van der Waals surface area contributed by atoms with Gasteiger partial charge in [-0.05, 0) is 65.1 Å². The van der Waals surface area contributed by atoms with E-state index >= 15 is 0 Å². The molecule has 0 saturated carbocycles. The lowest BCUT2D eigenvalue weighted by atomic mass is 10.2. The van der Waals surface area contributed by atoms with Crippen LogP contribution < -0.4 is 0 Å². The molecule has 0 spiro atoms. The van der Waals surface area contributed by atoms with Gasteiger partial charge in [-0.3, -0.25) is 0 Å². The largest absolute Gasteiger partial charge is 0.465 e. The van der Waals surface area contributed by atoms with E-state index in [0.717, 1.165) is 9.37 Å². The van der Waals surface area contributed by atoms with Crippen LogP contribution in [0.3, 0.4) is 0 Å². The van der Waals surface area contributed by atoms with E-state index < -0.39 is 0 Å². The first kappa shape index (κ1) is 14.9. The highest BCUT2D eigenvalue weighted by Crippen LogP contribution is 2.32. The van der Waals surface area contributed by atoms with Crippen LogP contribution in [0.1, 0.15) is 10.4 Å². The lowest BCUT2D eigenvalue weighted by Crippen LogP contribution is -2.00. The zero-order valence-electron chi connectivity index (χ0n) is 10.0. The maximum atomic E-state index is 11.3. The number of hydrogen-bond acceptors (Lipinski definition) is 3. The molecule has 0 aliphatic rings. The summed E-state index contributed by atoms with van der Waals surface area (Å²) in [7, 11) is 1.38. The average molecular weight is 449 g/mol. The van der Waals surface area contributed by atoms with Gasteiger partial charge < -0.3 is 4.74 Å². The topological polar surface area (TPSA) is 26.3 Å². The lowest BCUT2D eigenvalue weighted by Gasteiger charge is -2.05. The summed E-state index contributed by atoms with van der Waals surface area (Å²) < 4.78 is 6.94. The lowest BCUT2D eigenvalue weighted by molar-refractivity contribution is 0.0600. The van der Waals surface area contributed by atoms with Gasteiger partial charge >= 0.3 is 5.97 Å². The highest BCUT2D eigenvalue weighted by Gasteiger charge is 2.06. The first-order chi connectivity index (χ1) is 9.10. The third-order valence-corrected chi connectivity index (χ3v) is 5.23. The molecule has 0 unspecified atom stereocenters. The molecule has 2 nitrogen and oxygen atoms in total. The summed E-state index contributed by atoms with van der Waals surface area (Å²) >= 11 is 7.43. The Morgan fingerprint density at radius 3 is 2.47 bits per heavy atom. The monoisotopic (exact) mass is 448 g/mol. The van der Waals surface area contributed by atoms with Crippen LogP contribution in [0, 0.1) is 3.57 Å². The van der Waals surface area contributed by atoms with E-state index in [-0.39, 0.29) is 5.97 Å². The summed E-state index contributed by atoms with van der Waals surface area (Å²) in [4.78, 5) is 13.6.